The van der Waals surface area contributed by atoms with E-state index in [1.807, 2.05) is 6.07 Å². The lowest BCUT2D eigenvalue weighted by molar-refractivity contribution is 0.0696. The number of carboxylic acid groups (broad SMARTS) is 1. The van der Waals surface area contributed by atoms with E-state index in [4.69, 9.17) is 5.11 Å². The van der Waals surface area contributed by atoms with Crippen molar-refractivity contribution in [3.05, 3.63) is 53.9 Å². The fourth-order valence-electron chi connectivity index (χ4n) is 1.47. The van der Waals surface area contributed by atoms with Crippen molar-refractivity contribution < 1.29 is 9.90 Å². The van der Waals surface area contributed by atoms with Crippen molar-refractivity contribution in [1.82, 2.24) is 5.32 Å². The lowest BCUT2D eigenvalue weighted by Crippen LogP contribution is -2.04. The van der Waals surface area contributed by atoms with Crippen LogP contribution in [0, 0.1) is 0 Å². The largest absolute Gasteiger partial charge is 0.478 e. The Balaban J connectivity index is 2.48. The lowest BCUT2D eigenvalue weighted by atomic mass is 10.0. The van der Waals surface area contributed by atoms with Crippen molar-refractivity contribution in [2.24, 2.45) is 4.99 Å². The molecule has 2 rings (SSSR count). The number of benzene rings is 1. The van der Waals surface area contributed by atoms with Crippen molar-refractivity contribution in [2.75, 3.05) is 0 Å². The van der Waals surface area contributed by atoms with E-state index in [1.54, 1.807) is 36.7 Å². The Bertz CT molecular complexity index is 501. The van der Waals surface area contributed by atoms with E-state index in [1.165, 1.54) is 6.34 Å². The molecule has 4 heteroatoms. The molecule has 4 nitrogen and oxygen atoms in total. The standard InChI is InChI=1S/C12H10N2O2/c15-12(16)11-4-2-1-3-10(11)9-5-6-13-8-14-7-9/h1-8H,(H,13,14)(H,15,16). The van der Waals surface area contributed by atoms with Gasteiger partial charge in [-0.3, -0.25) is 0 Å². The molecule has 1 aliphatic heterocycles. The van der Waals surface area contributed by atoms with Crippen LogP contribution >= 0.6 is 0 Å². The van der Waals surface area contributed by atoms with Crippen molar-refractivity contribution in [3.63, 3.8) is 0 Å². The number of rotatable bonds is 2. The first-order chi connectivity index (χ1) is 7.79. The summed E-state index contributed by atoms with van der Waals surface area (Å²) in [5.74, 6) is -0.935. The van der Waals surface area contributed by atoms with Gasteiger partial charge in [-0.15, -0.1) is 0 Å². The van der Waals surface area contributed by atoms with Crippen LogP contribution in [0.5, 0.6) is 0 Å². The number of aromatic carboxylic acids is 1. The third kappa shape index (κ3) is 2.00. The smallest absolute Gasteiger partial charge is 0.336 e. The van der Waals surface area contributed by atoms with E-state index < -0.39 is 5.97 Å². The number of aliphatic imine (C=N–C) groups is 1. The molecule has 0 spiro atoms. The number of hydrogen-bond acceptors (Lipinski definition) is 3. The Hall–Kier alpha value is -2.36. The van der Waals surface area contributed by atoms with Gasteiger partial charge in [-0.25, -0.2) is 9.79 Å². The highest BCUT2D eigenvalue weighted by Gasteiger charge is 2.11. The molecule has 1 aromatic carbocycles. The summed E-state index contributed by atoms with van der Waals surface area (Å²) >= 11 is 0. The van der Waals surface area contributed by atoms with Crippen LogP contribution < -0.4 is 5.32 Å². The van der Waals surface area contributed by atoms with Gasteiger partial charge in [-0.2, -0.15) is 0 Å². The van der Waals surface area contributed by atoms with E-state index in [0.29, 0.717) is 5.56 Å². The molecule has 0 bridgehead atoms. The van der Waals surface area contributed by atoms with Gasteiger partial charge in [0.2, 0.25) is 0 Å². The van der Waals surface area contributed by atoms with Crippen LogP contribution in [0.1, 0.15) is 15.9 Å². The molecule has 0 saturated heterocycles. The van der Waals surface area contributed by atoms with E-state index >= 15 is 0 Å². The second kappa shape index (κ2) is 4.44. The first-order valence-electron chi connectivity index (χ1n) is 4.76. The molecule has 1 heterocycles. The molecule has 0 radical (unpaired) electrons. The van der Waals surface area contributed by atoms with Crippen LogP contribution in [0.4, 0.5) is 0 Å². The molecule has 16 heavy (non-hydrogen) atoms. The number of allylic oxidation sites excluding steroid dienone is 2. The Morgan fingerprint density at radius 1 is 1.31 bits per heavy atom. The highest BCUT2D eigenvalue weighted by atomic mass is 16.4. The monoisotopic (exact) mass is 214 g/mol. The van der Waals surface area contributed by atoms with E-state index in [9.17, 15) is 4.79 Å². The Labute approximate surface area is 92.6 Å². The highest BCUT2D eigenvalue weighted by molar-refractivity contribution is 5.95. The third-order valence-corrected chi connectivity index (χ3v) is 2.20. The average Bonchev–Trinajstić information content (AvgIpc) is 2.57. The van der Waals surface area contributed by atoms with Gasteiger partial charge in [0.05, 0.1) is 11.9 Å². The predicted molar refractivity (Wildman–Crippen MR) is 62.1 cm³/mol. The maximum Gasteiger partial charge on any atom is 0.336 e. The summed E-state index contributed by atoms with van der Waals surface area (Å²) in [6.07, 6.45) is 6.63. The summed E-state index contributed by atoms with van der Waals surface area (Å²) in [5.41, 5.74) is 1.74. The SMILES string of the molecule is O=C(O)c1ccccc1C1=CNC=NC=C1. The van der Waals surface area contributed by atoms with Crippen molar-refractivity contribution in [2.45, 2.75) is 0 Å². The zero-order valence-electron chi connectivity index (χ0n) is 8.42. The number of nitrogens with one attached hydrogen (secondary N) is 1. The van der Waals surface area contributed by atoms with Crippen LogP contribution in [-0.4, -0.2) is 17.4 Å². The fraction of sp³-hybridized carbons (Fsp3) is 0. The summed E-state index contributed by atoms with van der Waals surface area (Å²) in [6, 6.07) is 6.87. The van der Waals surface area contributed by atoms with Gasteiger partial charge >= 0.3 is 5.97 Å². The van der Waals surface area contributed by atoms with Gasteiger partial charge in [-0.1, -0.05) is 18.2 Å². The summed E-state index contributed by atoms with van der Waals surface area (Å²) < 4.78 is 0. The average molecular weight is 214 g/mol. The van der Waals surface area contributed by atoms with Crippen LogP contribution in [0.25, 0.3) is 5.57 Å². The van der Waals surface area contributed by atoms with Crippen LogP contribution in [0.3, 0.4) is 0 Å². The molecule has 80 valence electrons. The summed E-state index contributed by atoms with van der Waals surface area (Å²) in [4.78, 5) is 15.0. The van der Waals surface area contributed by atoms with Crippen LogP contribution in [-0.2, 0) is 0 Å². The molecule has 0 aromatic heterocycles. The van der Waals surface area contributed by atoms with E-state index in [-0.39, 0.29) is 5.56 Å². The van der Waals surface area contributed by atoms with Gasteiger partial charge in [-0.05, 0) is 17.7 Å². The number of hydrogen-bond donors (Lipinski definition) is 2. The van der Waals surface area contributed by atoms with Crippen molar-refractivity contribution in [1.29, 1.82) is 0 Å². The number of nitrogens with zero attached hydrogens (tertiary/aromatic N) is 1. The molecule has 0 atom stereocenters. The van der Waals surface area contributed by atoms with Gasteiger partial charge < -0.3 is 10.4 Å². The van der Waals surface area contributed by atoms with Crippen LogP contribution in [0.15, 0.2) is 47.7 Å². The molecule has 0 saturated carbocycles. The maximum atomic E-state index is 11.0. The minimum Gasteiger partial charge on any atom is -0.478 e. The minimum atomic E-state index is -0.935. The first-order valence-corrected chi connectivity index (χ1v) is 4.76. The molecule has 2 N–H and O–H groups in total. The zero-order valence-corrected chi connectivity index (χ0v) is 8.42. The maximum absolute atomic E-state index is 11.0. The second-order valence-corrected chi connectivity index (χ2v) is 3.21. The zero-order chi connectivity index (χ0) is 11.4. The Morgan fingerprint density at radius 2 is 2.12 bits per heavy atom. The first kappa shape index (κ1) is 10.2. The predicted octanol–water partition coefficient (Wildman–Crippen LogP) is 1.87. The molecule has 0 unspecified atom stereocenters. The Kier molecular flexibility index (Phi) is 2.82. The molecular weight excluding hydrogens is 204 g/mol. The van der Waals surface area contributed by atoms with Gasteiger partial charge in [0.25, 0.3) is 0 Å². The molecular formula is C12H10N2O2. The Morgan fingerprint density at radius 3 is 2.94 bits per heavy atom. The van der Waals surface area contributed by atoms with Crippen molar-refractivity contribution in [3.8, 4) is 0 Å². The fourth-order valence-corrected chi connectivity index (χ4v) is 1.47. The summed E-state index contributed by atoms with van der Waals surface area (Å²) in [5, 5.41) is 11.9. The normalized spacial score (nSPS) is 13.9. The number of carbonyl (C=O) groups is 1. The summed E-state index contributed by atoms with van der Waals surface area (Å²) in [6.45, 7) is 0. The molecule has 0 aliphatic carbocycles. The van der Waals surface area contributed by atoms with Gasteiger partial charge in [0.1, 0.15) is 0 Å². The highest BCUT2D eigenvalue weighted by Crippen LogP contribution is 2.20. The van der Waals surface area contributed by atoms with Crippen LogP contribution in [0.2, 0.25) is 0 Å². The van der Waals surface area contributed by atoms with Gasteiger partial charge in [0.15, 0.2) is 0 Å². The van der Waals surface area contributed by atoms with Crippen molar-refractivity contribution >= 4 is 17.9 Å². The summed E-state index contributed by atoms with van der Waals surface area (Å²) in [7, 11) is 0. The van der Waals surface area contributed by atoms with E-state index in [0.717, 1.165) is 5.57 Å². The van der Waals surface area contributed by atoms with E-state index in [2.05, 4.69) is 10.3 Å². The molecule has 1 aliphatic rings. The molecule has 1 aromatic rings. The lowest BCUT2D eigenvalue weighted by Gasteiger charge is -2.05. The number of carboxylic acids is 1. The second-order valence-electron chi connectivity index (χ2n) is 3.21. The molecule has 0 amide bonds. The minimum absolute atomic E-state index is 0.280. The topological polar surface area (TPSA) is 61.7 Å². The van der Waals surface area contributed by atoms with Gasteiger partial charge in [0, 0.05) is 18.0 Å². The quantitative estimate of drug-likeness (QED) is 0.790. The molecule has 0 fully saturated rings. The third-order valence-electron chi connectivity index (χ3n) is 2.20.